The Hall–Kier alpha value is -3.50. The van der Waals surface area contributed by atoms with Crippen LogP contribution in [0.2, 0.25) is 0 Å². The Balaban J connectivity index is 1.97. The summed E-state index contributed by atoms with van der Waals surface area (Å²) >= 11 is 12.2. The maximum atomic E-state index is 12.7. The number of oxime groups is 1. The van der Waals surface area contributed by atoms with Crippen molar-refractivity contribution in [3.8, 4) is 0 Å². The number of nitrogens with zero attached hydrogens (tertiary/aromatic N) is 6. The molecule has 1 unspecified atom stereocenters. The van der Waals surface area contributed by atoms with Crippen molar-refractivity contribution in [2.45, 2.75) is 31.6 Å². The minimum atomic E-state index is -4.56. The summed E-state index contributed by atoms with van der Waals surface area (Å²) in [5.41, 5.74) is 0.728. The lowest BCUT2D eigenvalue weighted by atomic mass is 9.88. The molecule has 0 fully saturated rings. The highest BCUT2D eigenvalue weighted by Crippen LogP contribution is 2.37. The van der Waals surface area contributed by atoms with Gasteiger partial charge in [0.1, 0.15) is 17.3 Å². The molecule has 0 saturated heterocycles. The highest BCUT2D eigenvalue weighted by Gasteiger charge is 2.43. The predicted octanol–water partition coefficient (Wildman–Crippen LogP) is 2.91. The number of aryl methyl sites for hydroxylation is 1. The third-order valence-electron chi connectivity index (χ3n) is 5.22. The van der Waals surface area contributed by atoms with Gasteiger partial charge in [0.2, 0.25) is 12.8 Å². The standard InChI is InChI=1S/C19H17Cl2F3N6O7/c20-15-14(18(32)27(6-7-31)29(33)34)16(21)28(30(35)36)17(25-15)11-4-5-12-10(8-11)2-1-3-13(12)26-37-9-19(22,23)24/h4-5,8,17,31H,1-3,6-7,9H2/b26-13-. The molecule has 0 radical (unpaired) electrons. The van der Waals surface area contributed by atoms with Crippen LogP contribution in [0.4, 0.5) is 13.2 Å². The van der Waals surface area contributed by atoms with E-state index in [-0.39, 0.29) is 16.3 Å². The summed E-state index contributed by atoms with van der Waals surface area (Å²) in [7, 11) is 0. The Morgan fingerprint density at radius 1 is 1.30 bits per heavy atom. The van der Waals surface area contributed by atoms with Gasteiger partial charge in [-0.15, -0.1) is 0 Å². The molecular formula is C19H17Cl2F3N6O7. The highest BCUT2D eigenvalue weighted by molar-refractivity contribution is 6.73. The lowest BCUT2D eigenvalue weighted by Gasteiger charge is -2.28. The van der Waals surface area contributed by atoms with Crippen molar-refractivity contribution in [2.24, 2.45) is 10.1 Å². The van der Waals surface area contributed by atoms with Gasteiger partial charge in [0, 0.05) is 11.1 Å². The zero-order chi connectivity index (χ0) is 27.5. The number of amides is 1. The van der Waals surface area contributed by atoms with E-state index in [1.807, 2.05) is 0 Å². The number of carbonyl (C=O) groups is 1. The second kappa shape index (κ2) is 11.3. The number of aliphatic hydroxyl groups excluding tert-OH is 1. The van der Waals surface area contributed by atoms with Crippen LogP contribution >= 0.6 is 23.2 Å². The number of aliphatic hydroxyl groups is 1. The number of carbonyl (C=O) groups excluding carboxylic acids is 1. The molecule has 2 aliphatic rings. The van der Waals surface area contributed by atoms with Gasteiger partial charge in [-0.1, -0.05) is 56.6 Å². The van der Waals surface area contributed by atoms with Gasteiger partial charge in [0.15, 0.2) is 15.2 Å². The van der Waals surface area contributed by atoms with Gasteiger partial charge in [-0.25, -0.2) is 25.2 Å². The SMILES string of the molecule is O=C(C1=C(Cl)N([N+](=O)[O-])C(c2ccc3c(c2)CCC/C3=N/OCC(F)(F)F)N=C1Cl)N(CCO)[N+](=O)[O-]. The molecule has 1 atom stereocenters. The Morgan fingerprint density at radius 2 is 2.00 bits per heavy atom. The quantitative estimate of drug-likeness (QED) is 0.284. The smallest absolute Gasteiger partial charge is 0.394 e. The number of halogens is 5. The van der Waals surface area contributed by atoms with Crippen LogP contribution in [-0.2, 0) is 16.1 Å². The van der Waals surface area contributed by atoms with E-state index in [1.54, 1.807) is 0 Å². The molecule has 0 saturated carbocycles. The van der Waals surface area contributed by atoms with E-state index in [9.17, 15) is 38.2 Å². The van der Waals surface area contributed by atoms with Crippen LogP contribution in [0.1, 0.15) is 35.7 Å². The fourth-order valence-corrected chi connectivity index (χ4v) is 4.33. The number of alkyl halides is 3. The Kier molecular flexibility index (Phi) is 8.55. The van der Waals surface area contributed by atoms with Gasteiger partial charge >= 0.3 is 12.1 Å². The van der Waals surface area contributed by atoms with E-state index in [4.69, 9.17) is 28.3 Å². The first-order valence-electron chi connectivity index (χ1n) is 10.4. The average Bonchev–Trinajstić information content (AvgIpc) is 2.80. The van der Waals surface area contributed by atoms with E-state index in [0.29, 0.717) is 35.4 Å². The monoisotopic (exact) mass is 568 g/mol. The minimum absolute atomic E-state index is 0.0192. The van der Waals surface area contributed by atoms with Gasteiger partial charge in [-0.05, 0) is 24.8 Å². The fraction of sp³-hybridized carbons (Fsp3) is 0.421. The Labute approximate surface area is 215 Å². The predicted molar refractivity (Wildman–Crippen MR) is 121 cm³/mol. The van der Waals surface area contributed by atoms with Crippen molar-refractivity contribution in [1.29, 1.82) is 0 Å². The van der Waals surface area contributed by atoms with Gasteiger partial charge in [-0.2, -0.15) is 13.2 Å². The molecule has 1 N–H and O–H groups in total. The zero-order valence-electron chi connectivity index (χ0n) is 18.5. The summed E-state index contributed by atoms with van der Waals surface area (Å²) in [5, 5.41) is 32.3. The molecule has 0 bridgehead atoms. The number of aliphatic imine (C=N–C) groups is 1. The minimum Gasteiger partial charge on any atom is -0.394 e. The van der Waals surface area contributed by atoms with Crippen LogP contribution in [0.15, 0.2) is 39.1 Å². The van der Waals surface area contributed by atoms with Crippen molar-refractivity contribution in [3.05, 3.63) is 65.8 Å². The topological polar surface area (TPSA) is 164 Å². The highest BCUT2D eigenvalue weighted by atomic mass is 35.5. The molecule has 0 spiro atoms. The molecule has 1 amide bonds. The molecule has 1 aromatic carbocycles. The lowest BCUT2D eigenvalue weighted by molar-refractivity contribution is -0.652. The third-order valence-corrected chi connectivity index (χ3v) is 5.86. The average molecular weight is 569 g/mol. The maximum absolute atomic E-state index is 12.7. The van der Waals surface area contributed by atoms with Crippen LogP contribution in [-0.4, -0.2) is 67.9 Å². The molecule has 1 aliphatic carbocycles. The molecule has 0 aromatic heterocycles. The molecular weight excluding hydrogens is 552 g/mol. The van der Waals surface area contributed by atoms with E-state index in [1.165, 1.54) is 18.2 Å². The largest absolute Gasteiger partial charge is 0.425 e. The van der Waals surface area contributed by atoms with Gasteiger partial charge < -0.3 is 9.94 Å². The summed E-state index contributed by atoms with van der Waals surface area (Å²) < 4.78 is 37.1. The fourth-order valence-electron chi connectivity index (χ4n) is 3.69. The Bertz CT molecular complexity index is 1210. The normalized spacial score (nSPS) is 18.9. The number of hydrogen-bond donors (Lipinski definition) is 1. The van der Waals surface area contributed by atoms with E-state index < -0.39 is 64.0 Å². The van der Waals surface area contributed by atoms with Crippen LogP contribution in [0.3, 0.4) is 0 Å². The number of hydrazine groups is 2. The molecule has 18 heteroatoms. The first-order valence-corrected chi connectivity index (χ1v) is 11.1. The Morgan fingerprint density at radius 3 is 2.59 bits per heavy atom. The van der Waals surface area contributed by atoms with E-state index in [2.05, 4.69) is 15.0 Å². The van der Waals surface area contributed by atoms with Gasteiger partial charge in [-0.3, -0.25) is 4.79 Å². The van der Waals surface area contributed by atoms with Crippen LogP contribution in [0.25, 0.3) is 0 Å². The number of rotatable bonds is 8. The number of fused-ring (bicyclic) bond motifs is 1. The summed E-state index contributed by atoms with van der Waals surface area (Å²) in [4.78, 5) is 44.1. The van der Waals surface area contributed by atoms with Gasteiger partial charge in [0.05, 0.1) is 12.3 Å². The van der Waals surface area contributed by atoms with Crippen molar-refractivity contribution in [3.63, 3.8) is 0 Å². The first kappa shape index (κ1) is 28.1. The van der Waals surface area contributed by atoms with Crippen molar-refractivity contribution in [1.82, 2.24) is 10.0 Å². The van der Waals surface area contributed by atoms with Crippen molar-refractivity contribution < 1.29 is 38.0 Å². The number of nitro groups is 2. The molecule has 37 heavy (non-hydrogen) atoms. The first-order chi connectivity index (χ1) is 17.4. The second-order valence-electron chi connectivity index (χ2n) is 7.63. The molecule has 3 rings (SSSR count). The summed E-state index contributed by atoms with van der Waals surface area (Å²) in [6.45, 7) is -3.09. The number of hydrogen-bond acceptors (Lipinski definition) is 9. The van der Waals surface area contributed by atoms with Crippen LogP contribution in [0.5, 0.6) is 0 Å². The van der Waals surface area contributed by atoms with Gasteiger partial charge in [0.25, 0.3) is 0 Å². The molecule has 1 heterocycles. The molecule has 1 aliphatic heterocycles. The summed E-state index contributed by atoms with van der Waals surface area (Å²) in [6, 6.07) is 4.38. The molecule has 13 nitrogen and oxygen atoms in total. The van der Waals surface area contributed by atoms with E-state index in [0.717, 1.165) is 0 Å². The number of benzene rings is 1. The second-order valence-corrected chi connectivity index (χ2v) is 8.34. The summed E-state index contributed by atoms with van der Waals surface area (Å²) in [5.74, 6) is -1.42. The van der Waals surface area contributed by atoms with Crippen molar-refractivity contribution in [2.75, 3.05) is 19.8 Å². The zero-order valence-corrected chi connectivity index (χ0v) is 20.0. The molecule has 1 aromatic rings. The summed E-state index contributed by atoms with van der Waals surface area (Å²) in [6.07, 6.45) is -4.71. The lowest BCUT2D eigenvalue weighted by Crippen LogP contribution is -2.44. The molecule has 200 valence electrons. The maximum Gasteiger partial charge on any atom is 0.425 e. The van der Waals surface area contributed by atoms with E-state index >= 15 is 0 Å². The van der Waals surface area contributed by atoms with Crippen LogP contribution < -0.4 is 0 Å². The third kappa shape index (κ3) is 6.26. The van der Waals surface area contributed by atoms with Crippen LogP contribution in [0, 0.1) is 20.2 Å². The van der Waals surface area contributed by atoms with Crippen molar-refractivity contribution >= 4 is 40.0 Å².